The summed E-state index contributed by atoms with van der Waals surface area (Å²) in [6.07, 6.45) is 4.90. The van der Waals surface area contributed by atoms with Gasteiger partial charge in [0.25, 0.3) is 5.91 Å². The number of ether oxygens (including phenoxy) is 1. The fraction of sp³-hybridized carbons (Fsp3) is 0.355. The van der Waals surface area contributed by atoms with E-state index in [4.69, 9.17) is 9.72 Å². The molecule has 1 N–H and O–H groups in total. The Balaban J connectivity index is 1.26. The van der Waals surface area contributed by atoms with Crippen molar-refractivity contribution in [2.45, 2.75) is 59.4 Å². The molecule has 3 aromatic carbocycles. The van der Waals surface area contributed by atoms with Gasteiger partial charge in [-0.1, -0.05) is 54.4 Å². The van der Waals surface area contributed by atoms with E-state index in [-0.39, 0.29) is 5.91 Å². The number of fused-ring (bicyclic) bond motifs is 1. The number of rotatable bonds is 12. The minimum Gasteiger partial charge on any atom is -0.493 e. The van der Waals surface area contributed by atoms with Gasteiger partial charge in [-0.25, -0.2) is 4.98 Å². The smallest absolute Gasteiger partial charge is 0.251 e. The molecule has 4 aromatic rings. The lowest BCUT2D eigenvalue weighted by Crippen LogP contribution is -2.25. The van der Waals surface area contributed by atoms with Crippen molar-refractivity contribution in [1.29, 1.82) is 0 Å². The minimum atomic E-state index is 0.0120. The number of nitrogens with zero attached hydrogens (tertiary/aromatic N) is 2. The molecule has 0 spiro atoms. The van der Waals surface area contributed by atoms with Crippen molar-refractivity contribution < 1.29 is 9.53 Å². The summed E-state index contributed by atoms with van der Waals surface area (Å²) in [5, 5.41) is 3.05. The Morgan fingerprint density at radius 3 is 2.53 bits per heavy atom. The van der Waals surface area contributed by atoms with Crippen molar-refractivity contribution in [2.24, 2.45) is 0 Å². The quantitative estimate of drug-likeness (QED) is 0.232. The van der Waals surface area contributed by atoms with Crippen LogP contribution < -0.4 is 10.1 Å². The highest BCUT2D eigenvalue weighted by molar-refractivity contribution is 5.95. The van der Waals surface area contributed by atoms with Gasteiger partial charge in [-0.15, -0.1) is 0 Å². The van der Waals surface area contributed by atoms with E-state index in [0.29, 0.717) is 13.2 Å². The zero-order valence-electron chi connectivity index (χ0n) is 21.7. The van der Waals surface area contributed by atoms with Crippen LogP contribution in [0.2, 0.25) is 0 Å². The number of carbonyl (C=O) groups excluding carboxylic acids is 1. The Morgan fingerprint density at radius 2 is 1.69 bits per heavy atom. The van der Waals surface area contributed by atoms with E-state index in [1.165, 1.54) is 16.6 Å². The molecule has 5 nitrogen and oxygen atoms in total. The average molecular weight is 484 g/mol. The highest BCUT2D eigenvalue weighted by Gasteiger charge is 2.11. The molecule has 0 saturated heterocycles. The molecule has 1 amide bonds. The number of carbonyl (C=O) groups is 1. The number of aromatic nitrogens is 2. The zero-order chi connectivity index (χ0) is 25.3. The molecular formula is C31H37N3O2. The Kier molecular flexibility index (Phi) is 8.77. The fourth-order valence-electron chi connectivity index (χ4n) is 4.64. The molecule has 36 heavy (non-hydrogen) atoms. The van der Waals surface area contributed by atoms with Crippen molar-refractivity contribution in [1.82, 2.24) is 14.9 Å². The third-order valence-electron chi connectivity index (χ3n) is 6.60. The molecule has 0 radical (unpaired) electrons. The van der Waals surface area contributed by atoms with Crippen molar-refractivity contribution >= 4 is 16.9 Å². The third-order valence-corrected chi connectivity index (χ3v) is 6.60. The summed E-state index contributed by atoms with van der Waals surface area (Å²) < 4.78 is 8.41. The third kappa shape index (κ3) is 6.54. The van der Waals surface area contributed by atoms with Gasteiger partial charge in [-0.05, 0) is 75.4 Å². The summed E-state index contributed by atoms with van der Waals surface area (Å²) in [4.78, 5) is 17.3. The number of hydrogen-bond acceptors (Lipinski definition) is 3. The van der Waals surface area contributed by atoms with Crippen molar-refractivity contribution in [2.75, 3.05) is 13.2 Å². The summed E-state index contributed by atoms with van der Waals surface area (Å²) in [5.41, 5.74) is 6.43. The van der Waals surface area contributed by atoms with Gasteiger partial charge < -0.3 is 14.6 Å². The van der Waals surface area contributed by atoms with Crippen LogP contribution in [0, 0.1) is 20.8 Å². The molecule has 0 saturated carbocycles. The second kappa shape index (κ2) is 12.4. The van der Waals surface area contributed by atoms with Crippen LogP contribution >= 0.6 is 0 Å². The highest BCUT2D eigenvalue weighted by Crippen LogP contribution is 2.21. The highest BCUT2D eigenvalue weighted by atomic mass is 16.5. The lowest BCUT2D eigenvalue weighted by Gasteiger charge is -2.12. The van der Waals surface area contributed by atoms with Gasteiger partial charge in [-0.3, -0.25) is 4.79 Å². The maximum atomic E-state index is 12.4. The zero-order valence-corrected chi connectivity index (χ0v) is 21.7. The number of para-hydroxylation sites is 2. The first-order valence-electron chi connectivity index (χ1n) is 13.0. The number of hydrogen-bond donors (Lipinski definition) is 1. The molecular weight excluding hydrogens is 446 g/mol. The lowest BCUT2D eigenvalue weighted by molar-refractivity contribution is 0.0952. The molecule has 0 fully saturated rings. The molecule has 188 valence electrons. The Labute approximate surface area is 214 Å². The molecule has 0 atom stereocenters. The normalized spacial score (nSPS) is 11.1. The van der Waals surface area contributed by atoms with Gasteiger partial charge >= 0.3 is 0 Å². The van der Waals surface area contributed by atoms with E-state index in [1.54, 1.807) is 0 Å². The van der Waals surface area contributed by atoms with Gasteiger partial charge in [-0.2, -0.15) is 0 Å². The number of aryl methyl sites for hydroxylation is 5. The number of unbranched alkanes of at least 4 members (excludes halogenated alkanes) is 2. The Morgan fingerprint density at radius 1 is 0.889 bits per heavy atom. The van der Waals surface area contributed by atoms with Crippen LogP contribution in [0.15, 0.2) is 66.7 Å². The van der Waals surface area contributed by atoms with Crippen molar-refractivity contribution in [3.63, 3.8) is 0 Å². The molecule has 0 bridgehead atoms. The lowest BCUT2D eigenvalue weighted by atomic mass is 10.1. The summed E-state index contributed by atoms with van der Waals surface area (Å²) in [6, 6.07) is 22.4. The van der Waals surface area contributed by atoms with Crippen LogP contribution in [0.4, 0.5) is 0 Å². The van der Waals surface area contributed by atoms with Gasteiger partial charge in [0.05, 0.1) is 17.6 Å². The first-order valence-corrected chi connectivity index (χ1v) is 13.0. The molecule has 0 unspecified atom stereocenters. The minimum absolute atomic E-state index is 0.0120. The van der Waals surface area contributed by atoms with E-state index in [1.807, 2.05) is 37.3 Å². The predicted molar refractivity (Wildman–Crippen MR) is 147 cm³/mol. The van der Waals surface area contributed by atoms with E-state index in [0.717, 1.165) is 66.9 Å². The number of imidazole rings is 1. The average Bonchev–Trinajstić information content (AvgIpc) is 3.22. The molecule has 4 rings (SSSR count). The van der Waals surface area contributed by atoms with Crippen LogP contribution in [-0.4, -0.2) is 28.6 Å². The van der Waals surface area contributed by atoms with Gasteiger partial charge in [0.2, 0.25) is 0 Å². The maximum Gasteiger partial charge on any atom is 0.251 e. The fourth-order valence-corrected chi connectivity index (χ4v) is 4.64. The summed E-state index contributed by atoms with van der Waals surface area (Å²) >= 11 is 0. The number of amides is 1. The second-order valence-electron chi connectivity index (χ2n) is 9.52. The molecule has 1 aromatic heterocycles. The second-order valence-corrected chi connectivity index (χ2v) is 9.52. The SMILES string of the molecule is Cc1ccc(OCCCn2c(CCCCCNC(=O)c3ccccc3C)nc3ccccc32)c(C)c1. The van der Waals surface area contributed by atoms with Gasteiger partial charge in [0, 0.05) is 25.1 Å². The topological polar surface area (TPSA) is 56.1 Å². The van der Waals surface area contributed by atoms with Crippen LogP contribution in [-0.2, 0) is 13.0 Å². The first-order chi connectivity index (χ1) is 17.5. The standard InChI is InChI=1S/C31H37N3O2/c1-23-17-18-29(25(3)22-23)36-21-11-20-34-28-15-9-8-14-27(28)33-30(34)16-5-4-10-19-32-31(35)26-13-7-6-12-24(26)2/h6-9,12-15,17-18,22H,4-5,10-11,16,19-21H2,1-3H3,(H,32,35). The van der Waals surface area contributed by atoms with Crippen LogP contribution in [0.25, 0.3) is 11.0 Å². The van der Waals surface area contributed by atoms with E-state index in [9.17, 15) is 4.79 Å². The molecule has 0 aliphatic heterocycles. The van der Waals surface area contributed by atoms with Gasteiger partial charge in [0.15, 0.2) is 0 Å². The first kappa shape index (κ1) is 25.5. The van der Waals surface area contributed by atoms with E-state index >= 15 is 0 Å². The van der Waals surface area contributed by atoms with Crippen LogP contribution in [0.5, 0.6) is 5.75 Å². The monoisotopic (exact) mass is 483 g/mol. The number of nitrogens with one attached hydrogen (secondary N) is 1. The largest absolute Gasteiger partial charge is 0.493 e. The summed E-state index contributed by atoms with van der Waals surface area (Å²) in [5.74, 6) is 2.11. The van der Waals surface area contributed by atoms with Crippen LogP contribution in [0.1, 0.15) is 58.6 Å². The molecule has 0 aliphatic rings. The Bertz CT molecular complexity index is 1310. The number of benzene rings is 3. The summed E-state index contributed by atoms with van der Waals surface area (Å²) in [6.45, 7) is 8.42. The Hall–Kier alpha value is -3.60. The maximum absolute atomic E-state index is 12.4. The predicted octanol–water partition coefficient (Wildman–Crippen LogP) is 6.57. The van der Waals surface area contributed by atoms with E-state index in [2.05, 4.69) is 60.1 Å². The molecule has 1 heterocycles. The van der Waals surface area contributed by atoms with Crippen LogP contribution in [0.3, 0.4) is 0 Å². The van der Waals surface area contributed by atoms with Gasteiger partial charge in [0.1, 0.15) is 11.6 Å². The van der Waals surface area contributed by atoms with Crippen molar-refractivity contribution in [3.05, 3.63) is 94.8 Å². The van der Waals surface area contributed by atoms with Crippen molar-refractivity contribution in [3.8, 4) is 5.75 Å². The molecule has 5 heteroatoms. The summed E-state index contributed by atoms with van der Waals surface area (Å²) in [7, 11) is 0. The van der Waals surface area contributed by atoms with E-state index < -0.39 is 0 Å². The molecule has 0 aliphatic carbocycles.